The first kappa shape index (κ1) is 12.2. The first-order valence-electron chi connectivity index (χ1n) is 5.62. The fourth-order valence-electron chi connectivity index (χ4n) is 1.88. The van der Waals surface area contributed by atoms with Gasteiger partial charge < -0.3 is 15.5 Å². The van der Waals surface area contributed by atoms with E-state index in [0.29, 0.717) is 11.6 Å². The van der Waals surface area contributed by atoms with Crippen LogP contribution in [0.15, 0.2) is 30.5 Å². The minimum atomic E-state index is 0.464. The Morgan fingerprint density at radius 2 is 2.16 bits per heavy atom. The number of methoxy groups -OCH3 is 1. The number of benzene rings is 1. The number of hydrogen-bond donors (Lipinski definition) is 2. The van der Waals surface area contributed by atoms with Crippen LogP contribution in [0.4, 0.5) is 5.82 Å². The summed E-state index contributed by atoms with van der Waals surface area (Å²) in [5.74, 6) is 1.97. The summed E-state index contributed by atoms with van der Waals surface area (Å²) in [5.41, 5.74) is 8.49. The zero-order valence-electron chi connectivity index (χ0n) is 10.1. The molecule has 2 aromatic heterocycles. The van der Waals surface area contributed by atoms with Gasteiger partial charge in [-0.25, -0.2) is 9.97 Å². The summed E-state index contributed by atoms with van der Waals surface area (Å²) >= 11 is 2.20. The number of pyridine rings is 1. The lowest BCUT2D eigenvalue weighted by molar-refractivity contribution is 0.415. The number of aromatic nitrogens is 3. The summed E-state index contributed by atoms with van der Waals surface area (Å²) in [6.45, 7) is 0. The Morgan fingerprint density at radius 3 is 2.95 bits per heavy atom. The fourth-order valence-corrected chi connectivity index (χ4v) is 2.33. The first-order chi connectivity index (χ1) is 9.17. The maximum atomic E-state index is 5.90. The van der Waals surface area contributed by atoms with Crippen LogP contribution in [0.25, 0.3) is 22.4 Å². The molecule has 6 heteroatoms. The van der Waals surface area contributed by atoms with Crippen molar-refractivity contribution >= 4 is 39.4 Å². The number of anilines is 1. The van der Waals surface area contributed by atoms with Gasteiger partial charge in [0.1, 0.15) is 17.4 Å². The van der Waals surface area contributed by atoms with Crippen molar-refractivity contribution in [2.75, 3.05) is 12.8 Å². The second kappa shape index (κ2) is 4.69. The van der Waals surface area contributed by atoms with Crippen molar-refractivity contribution in [1.29, 1.82) is 0 Å². The molecule has 0 atom stereocenters. The van der Waals surface area contributed by atoms with E-state index < -0.39 is 0 Å². The van der Waals surface area contributed by atoms with Crippen molar-refractivity contribution < 1.29 is 4.74 Å². The lowest BCUT2D eigenvalue weighted by atomic mass is 10.2. The van der Waals surface area contributed by atoms with Crippen LogP contribution in [-0.4, -0.2) is 22.1 Å². The number of ether oxygens (including phenoxy) is 1. The number of nitrogens with zero attached hydrogens (tertiary/aromatic N) is 2. The molecular weight excluding hydrogens is 355 g/mol. The molecule has 0 saturated heterocycles. The zero-order chi connectivity index (χ0) is 13.4. The number of nitrogens with one attached hydrogen (secondary N) is 1. The molecule has 2 heterocycles. The molecule has 19 heavy (non-hydrogen) atoms. The van der Waals surface area contributed by atoms with Gasteiger partial charge >= 0.3 is 0 Å². The maximum Gasteiger partial charge on any atom is 0.142 e. The molecule has 0 bridgehead atoms. The third-order valence-electron chi connectivity index (χ3n) is 2.83. The monoisotopic (exact) mass is 366 g/mol. The molecule has 3 rings (SSSR count). The number of H-pyrrole nitrogens is 1. The zero-order valence-corrected chi connectivity index (χ0v) is 12.3. The maximum absolute atomic E-state index is 5.90. The number of nitrogens with two attached hydrogens (primary N) is 1. The lowest BCUT2D eigenvalue weighted by Crippen LogP contribution is -1.95. The SMILES string of the molecule is COc1ccc2nc(-c3cc(I)cnc3N)[nH]c2c1. The van der Waals surface area contributed by atoms with Crippen LogP contribution < -0.4 is 10.5 Å². The number of hydrogen-bond acceptors (Lipinski definition) is 4. The summed E-state index contributed by atoms with van der Waals surface area (Å²) in [5, 5.41) is 0. The molecule has 0 amide bonds. The van der Waals surface area contributed by atoms with Crippen LogP contribution in [0.2, 0.25) is 0 Å². The van der Waals surface area contributed by atoms with Gasteiger partial charge in [-0.1, -0.05) is 0 Å². The average Bonchev–Trinajstić information content (AvgIpc) is 2.83. The van der Waals surface area contributed by atoms with Gasteiger partial charge in [-0.15, -0.1) is 0 Å². The largest absolute Gasteiger partial charge is 0.497 e. The second-order valence-electron chi connectivity index (χ2n) is 4.05. The molecule has 0 unspecified atom stereocenters. The van der Waals surface area contributed by atoms with E-state index >= 15 is 0 Å². The Hall–Kier alpha value is -1.83. The standard InChI is InChI=1S/C13H11IN4O/c1-19-8-2-3-10-11(5-8)18-13(17-10)9-4-7(14)6-16-12(9)15/h2-6H,1H3,(H2,15,16)(H,17,18). The number of aromatic amines is 1. The van der Waals surface area contributed by atoms with E-state index in [1.165, 1.54) is 0 Å². The third-order valence-corrected chi connectivity index (χ3v) is 3.42. The molecule has 0 radical (unpaired) electrons. The number of imidazole rings is 1. The highest BCUT2D eigenvalue weighted by molar-refractivity contribution is 14.1. The molecule has 1 aromatic carbocycles. The third kappa shape index (κ3) is 2.23. The van der Waals surface area contributed by atoms with Crippen molar-refractivity contribution in [3.05, 3.63) is 34.0 Å². The topological polar surface area (TPSA) is 76.8 Å². The van der Waals surface area contributed by atoms with E-state index in [2.05, 4.69) is 37.5 Å². The minimum absolute atomic E-state index is 0.464. The molecule has 0 saturated carbocycles. The molecule has 0 spiro atoms. The molecule has 0 aliphatic heterocycles. The smallest absolute Gasteiger partial charge is 0.142 e. The summed E-state index contributed by atoms with van der Waals surface area (Å²) in [7, 11) is 1.64. The van der Waals surface area contributed by atoms with E-state index in [0.717, 1.165) is 25.9 Å². The summed E-state index contributed by atoms with van der Waals surface area (Å²) in [6, 6.07) is 7.65. The number of nitrogen functional groups attached to an aromatic ring is 1. The van der Waals surface area contributed by atoms with Crippen LogP contribution in [0.5, 0.6) is 5.75 Å². The van der Waals surface area contributed by atoms with E-state index in [1.807, 2.05) is 24.3 Å². The first-order valence-corrected chi connectivity index (χ1v) is 6.70. The fraction of sp³-hybridized carbons (Fsp3) is 0.0769. The Bertz CT molecular complexity index is 753. The van der Waals surface area contributed by atoms with Crippen molar-refractivity contribution in [2.45, 2.75) is 0 Å². The molecule has 5 nitrogen and oxygen atoms in total. The number of halogens is 1. The van der Waals surface area contributed by atoms with E-state index in [9.17, 15) is 0 Å². The Labute approximate surface area is 123 Å². The van der Waals surface area contributed by atoms with Gasteiger partial charge in [-0.05, 0) is 40.8 Å². The highest BCUT2D eigenvalue weighted by atomic mass is 127. The van der Waals surface area contributed by atoms with Gasteiger partial charge in [0.05, 0.1) is 23.7 Å². The van der Waals surface area contributed by atoms with Gasteiger partial charge in [-0.2, -0.15) is 0 Å². The van der Waals surface area contributed by atoms with Crippen molar-refractivity contribution in [1.82, 2.24) is 15.0 Å². The van der Waals surface area contributed by atoms with Gasteiger partial charge in [0.2, 0.25) is 0 Å². The molecule has 0 aliphatic rings. The van der Waals surface area contributed by atoms with Crippen LogP contribution in [0.3, 0.4) is 0 Å². The lowest BCUT2D eigenvalue weighted by Gasteiger charge is -2.01. The molecular formula is C13H11IN4O. The second-order valence-corrected chi connectivity index (χ2v) is 5.30. The molecule has 3 aromatic rings. The molecule has 0 fully saturated rings. The van der Waals surface area contributed by atoms with Gasteiger partial charge in [0.15, 0.2) is 0 Å². The Balaban J connectivity index is 2.17. The van der Waals surface area contributed by atoms with Crippen LogP contribution in [-0.2, 0) is 0 Å². The predicted molar refractivity (Wildman–Crippen MR) is 83.0 cm³/mol. The number of fused-ring (bicyclic) bond motifs is 1. The predicted octanol–water partition coefficient (Wildman–Crippen LogP) is 2.82. The van der Waals surface area contributed by atoms with E-state index in [-0.39, 0.29) is 0 Å². The Morgan fingerprint density at radius 1 is 1.32 bits per heavy atom. The van der Waals surface area contributed by atoms with E-state index in [1.54, 1.807) is 13.3 Å². The highest BCUT2D eigenvalue weighted by Gasteiger charge is 2.10. The summed E-state index contributed by atoms with van der Waals surface area (Å²) < 4.78 is 6.21. The molecule has 96 valence electrons. The number of rotatable bonds is 2. The van der Waals surface area contributed by atoms with Crippen LogP contribution >= 0.6 is 22.6 Å². The summed E-state index contributed by atoms with van der Waals surface area (Å²) in [6.07, 6.45) is 1.73. The van der Waals surface area contributed by atoms with E-state index in [4.69, 9.17) is 10.5 Å². The molecule has 0 aliphatic carbocycles. The van der Waals surface area contributed by atoms with Gasteiger partial charge in [-0.3, -0.25) is 0 Å². The van der Waals surface area contributed by atoms with Gasteiger partial charge in [0.25, 0.3) is 0 Å². The average molecular weight is 366 g/mol. The summed E-state index contributed by atoms with van der Waals surface area (Å²) in [4.78, 5) is 11.9. The normalized spacial score (nSPS) is 10.8. The minimum Gasteiger partial charge on any atom is -0.497 e. The van der Waals surface area contributed by atoms with Crippen LogP contribution in [0.1, 0.15) is 0 Å². The van der Waals surface area contributed by atoms with Crippen molar-refractivity contribution in [3.8, 4) is 17.1 Å². The highest BCUT2D eigenvalue weighted by Crippen LogP contribution is 2.27. The van der Waals surface area contributed by atoms with Crippen molar-refractivity contribution in [2.24, 2.45) is 0 Å². The van der Waals surface area contributed by atoms with Crippen LogP contribution in [0, 0.1) is 3.57 Å². The van der Waals surface area contributed by atoms with Gasteiger partial charge in [0, 0.05) is 15.8 Å². The Kier molecular flexibility index (Phi) is 3.02. The molecule has 3 N–H and O–H groups in total. The quantitative estimate of drug-likeness (QED) is 0.684. The van der Waals surface area contributed by atoms with Crippen molar-refractivity contribution in [3.63, 3.8) is 0 Å².